The van der Waals surface area contributed by atoms with E-state index in [4.69, 9.17) is 14.2 Å². The Bertz CT molecular complexity index is 1290. The maximum atomic E-state index is 12.8. The Kier molecular flexibility index (Phi) is 58.2. The van der Waals surface area contributed by atoms with E-state index in [-0.39, 0.29) is 31.1 Å². The molecule has 0 bridgehead atoms. The molecule has 0 amide bonds. The summed E-state index contributed by atoms with van der Waals surface area (Å²) in [6, 6.07) is 0. The van der Waals surface area contributed by atoms with E-state index >= 15 is 0 Å². The Labute approximate surface area is 447 Å². The van der Waals surface area contributed by atoms with Crippen molar-refractivity contribution in [3.8, 4) is 0 Å². The maximum Gasteiger partial charge on any atom is 0.306 e. The maximum absolute atomic E-state index is 12.8. The summed E-state index contributed by atoms with van der Waals surface area (Å²) in [5.41, 5.74) is 0. The molecule has 0 aliphatic rings. The second kappa shape index (κ2) is 60.7. The summed E-state index contributed by atoms with van der Waals surface area (Å²) in [7, 11) is 0. The summed E-state index contributed by atoms with van der Waals surface area (Å²) in [5, 5.41) is 0. The topological polar surface area (TPSA) is 78.9 Å². The van der Waals surface area contributed by atoms with Gasteiger partial charge in [-0.05, 0) is 64.2 Å². The van der Waals surface area contributed by atoms with Crippen LogP contribution in [0.15, 0.2) is 60.8 Å². The van der Waals surface area contributed by atoms with Gasteiger partial charge in [0.05, 0.1) is 0 Å². The predicted molar refractivity (Wildman–Crippen MR) is 312 cm³/mol. The molecule has 1 atom stereocenters. The van der Waals surface area contributed by atoms with Crippen molar-refractivity contribution in [3.05, 3.63) is 60.8 Å². The van der Waals surface area contributed by atoms with Crippen LogP contribution in [0.2, 0.25) is 0 Å². The van der Waals surface area contributed by atoms with Crippen molar-refractivity contribution in [3.63, 3.8) is 0 Å². The van der Waals surface area contributed by atoms with E-state index in [1.165, 1.54) is 193 Å². The molecule has 6 nitrogen and oxygen atoms in total. The van der Waals surface area contributed by atoms with Gasteiger partial charge in [0.15, 0.2) is 6.10 Å². The molecule has 0 aliphatic carbocycles. The van der Waals surface area contributed by atoms with Crippen molar-refractivity contribution in [1.82, 2.24) is 0 Å². The zero-order chi connectivity index (χ0) is 52.2. The van der Waals surface area contributed by atoms with Crippen molar-refractivity contribution in [1.29, 1.82) is 0 Å². The Morgan fingerprint density at radius 3 is 0.847 bits per heavy atom. The Morgan fingerprint density at radius 2 is 0.542 bits per heavy atom. The molecule has 0 aromatic heterocycles. The van der Waals surface area contributed by atoms with Crippen molar-refractivity contribution < 1.29 is 28.6 Å². The van der Waals surface area contributed by atoms with E-state index < -0.39 is 6.10 Å². The molecule has 0 radical (unpaired) electrons. The number of hydrogen-bond acceptors (Lipinski definition) is 6. The van der Waals surface area contributed by atoms with Gasteiger partial charge in [-0.3, -0.25) is 14.4 Å². The molecule has 6 heteroatoms. The van der Waals surface area contributed by atoms with Crippen LogP contribution in [0.5, 0.6) is 0 Å². The average molecular weight is 1010 g/mol. The number of rotatable bonds is 57. The first-order valence-corrected chi connectivity index (χ1v) is 31.3. The quantitative estimate of drug-likeness (QED) is 0.0261. The highest BCUT2D eigenvalue weighted by molar-refractivity contribution is 5.71. The number of ether oxygens (including phenoxy) is 3. The monoisotopic (exact) mass is 1010 g/mol. The van der Waals surface area contributed by atoms with Crippen molar-refractivity contribution in [2.75, 3.05) is 13.2 Å². The second-order valence-corrected chi connectivity index (χ2v) is 21.0. The molecule has 0 saturated carbocycles. The van der Waals surface area contributed by atoms with Crippen molar-refractivity contribution >= 4 is 17.9 Å². The lowest BCUT2D eigenvalue weighted by Crippen LogP contribution is -2.30. The Morgan fingerprint density at radius 1 is 0.292 bits per heavy atom. The van der Waals surface area contributed by atoms with Crippen molar-refractivity contribution in [2.24, 2.45) is 0 Å². The summed E-state index contributed by atoms with van der Waals surface area (Å²) in [6.45, 7) is 6.53. The molecular formula is C66H118O6. The highest BCUT2D eigenvalue weighted by Crippen LogP contribution is 2.17. The summed E-state index contributed by atoms with van der Waals surface area (Å²) in [5.74, 6) is -0.863. The van der Waals surface area contributed by atoms with Crippen LogP contribution in [-0.4, -0.2) is 37.2 Å². The van der Waals surface area contributed by atoms with Gasteiger partial charge in [0.25, 0.3) is 0 Å². The average Bonchev–Trinajstić information content (AvgIpc) is 3.38. The third-order valence-electron chi connectivity index (χ3n) is 13.8. The van der Waals surface area contributed by atoms with Gasteiger partial charge in [0.1, 0.15) is 13.2 Å². The molecule has 0 spiro atoms. The van der Waals surface area contributed by atoms with E-state index in [1.54, 1.807) is 0 Å². The van der Waals surface area contributed by atoms with E-state index in [0.717, 1.165) is 89.9 Å². The molecule has 0 heterocycles. The van der Waals surface area contributed by atoms with Crippen LogP contribution in [0.25, 0.3) is 0 Å². The largest absolute Gasteiger partial charge is 0.462 e. The molecule has 0 aliphatic heterocycles. The number of allylic oxidation sites excluding steroid dienone is 10. The molecule has 0 aromatic carbocycles. The highest BCUT2D eigenvalue weighted by atomic mass is 16.6. The third-order valence-corrected chi connectivity index (χ3v) is 13.8. The third kappa shape index (κ3) is 58.0. The number of unbranched alkanes of at least 4 members (excludes halogenated alkanes) is 36. The predicted octanol–water partition coefficient (Wildman–Crippen LogP) is 21.2. The minimum Gasteiger partial charge on any atom is -0.462 e. The number of carbonyl (C=O) groups excluding carboxylic acids is 3. The van der Waals surface area contributed by atoms with E-state index in [0.29, 0.717) is 19.3 Å². The molecule has 1 unspecified atom stereocenters. The smallest absolute Gasteiger partial charge is 0.306 e. The van der Waals surface area contributed by atoms with Crippen LogP contribution in [-0.2, 0) is 28.6 Å². The summed E-state index contributed by atoms with van der Waals surface area (Å²) < 4.78 is 16.8. The van der Waals surface area contributed by atoms with Crippen LogP contribution in [0.4, 0.5) is 0 Å². The molecule has 0 saturated heterocycles. The molecule has 0 rings (SSSR count). The first-order chi connectivity index (χ1) is 35.5. The molecular weight excluding hydrogens is 889 g/mol. The summed E-state index contributed by atoms with van der Waals surface area (Å²) in [4.78, 5) is 38.0. The fraction of sp³-hybridized carbons (Fsp3) is 0.803. The molecule has 0 fully saturated rings. The van der Waals surface area contributed by atoms with E-state index in [2.05, 4.69) is 81.5 Å². The standard InChI is InChI=1S/C66H118O6/c1-4-7-10-13-16-18-20-22-24-26-28-30-31-32-33-34-35-36-38-39-41-43-45-47-50-53-56-59-65(68)71-62-63(61-70-64(67)58-55-52-49-15-12-9-6-3)72-66(69)60-57-54-51-48-46-44-42-40-37-29-27-25-23-21-19-17-14-11-8-5-2/h7,10,16,18,22,24,28,30,32-33,63H,4-6,8-9,11-15,17,19-21,23,25-27,29,31,34-62H2,1-3H3/b10-7-,18-16-,24-22-,30-28-,33-32-. The summed E-state index contributed by atoms with van der Waals surface area (Å²) in [6.07, 6.45) is 76.8. The van der Waals surface area contributed by atoms with Gasteiger partial charge in [-0.25, -0.2) is 0 Å². The van der Waals surface area contributed by atoms with Crippen LogP contribution in [0.3, 0.4) is 0 Å². The zero-order valence-corrected chi connectivity index (χ0v) is 47.9. The van der Waals surface area contributed by atoms with Crippen LogP contribution in [0.1, 0.15) is 323 Å². The van der Waals surface area contributed by atoms with Crippen molar-refractivity contribution in [2.45, 2.75) is 329 Å². The first-order valence-electron chi connectivity index (χ1n) is 31.3. The van der Waals surface area contributed by atoms with Gasteiger partial charge in [0, 0.05) is 19.3 Å². The fourth-order valence-corrected chi connectivity index (χ4v) is 9.12. The van der Waals surface area contributed by atoms with Gasteiger partial charge < -0.3 is 14.2 Å². The lowest BCUT2D eigenvalue weighted by molar-refractivity contribution is -0.167. The lowest BCUT2D eigenvalue weighted by atomic mass is 10.0. The number of hydrogen-bond donors (Lipinski definition) is 0. The SMILES string of the molecule is CC/C=C\C/C=C\C/C=C\C/C=C\C/C=C\CCCCCCCCCCCCCC(=O)OCC(COC(=O)CCCCCCCCC)OC(=O)CCCCCCCCCCCCCCCCCCCCCC. The highest BCUT2D eigenvalue weighted by Gasteiger charge is 2.19. The number of carbonyl (C=O) groups is 3. The fourth-order valence-electron chi connectivity index (χ4n) is 9.12. The van der Waals surface area contributed by atoms with Gasteiger partial charge in [-0.2, -0.15) is 0 Å². The van der Waals surface area contributed by atoms with Gasteiger partial charge >= 0.3 is 17.9 Å². The lowest BCUT2D eigenvalue weighted by Gasteiger charge is -2.18. The van der Waals surface area contributed by atoms with Crippen LogP contribution in [0, 0.1) is 0 Å². The minimum absolute atomic E-state index is 0.0707. The second-order valence-electron chi connectivity index (χ2n) is 21.0. The zero-order valence-electron chi connectivity index (χ0n) is 47.9. The minimum atomic E-state index is -0.770. The van der Waals surface area contributed by atoms with Gasteiger partial charge in [-0.15, -0.1) is 0 Å². The van der Waals surface area contributed by atoms with Crippen LogP contribution >= 0.6 is 0 Å². The van der Waals surface area contributed by atoms with E-state index in [1.807, 2.05) is 0 Å². The molecule has 72 heavy (non-hydrogen) atoms. The molecule has 0 N–H and O–H groups in total. The molecule has 0 aromatic rings. The van der Waals surface area contributed by atoms with Crippen LogP contribution < -0.4 is 0 Å². The van der Waals surface area contributed by atoms with E-state index in [9.17, 15) is 14.4 Å². The number of esters is 3. The van der Waals surface area contributed by atoms with Gasteiger partial charge in [-0.1, -0.05) is 300 Å². The van der Waals surface area contributed by atoms with Gasteiger partial charge in [0.2, 0.25) is 0 Å². The molecule has 418 valence electrons. The summed E-state index contributed by atoms with van der Waals surface area (Å²) >= 11 is 0. The normalized spacial score (nSPS) is 12.4. The first kappa shape index (κ1) is 69.1. The Hall–Kier alpha value is -2.89. The Balaban J connectivity index is 4.11.